The van der Waals surface area contributed by atoms with Crippen molar-refractivity contribution < 1.29 is 13.2 Å². The van der Waals surface area contributed by atoms with Crippen LogP contribution >= 0.6 is 15.9 Å². The second-order valence-electron chi connectivity index (χ2n) is 7.95. The lowest BCUT2D eigenvalue weighted by molar-refractivity contribution is -0.120. The molecule has 1 aliphatic carbocycles. The molecule has 4 rings (SSSR count). The van der Waals surface area contributed by atoms with Gasteiger partial charge in [-0.25, -0.2) is 13.1 Å². The Balaban J connectivity index is 1.46. The van der Waals surface area contributed by atoms with Gasteiger partial charge >= 0.3 is 0 Å². The molecule has 2 heterocycles. The first kappa shape index (κ1) is 20.6. The number of benzene rings is 1. The molecular weight excluding hydrogens is 456 g/mol. The molecule has 29 heavy (non-hydrogen) atoms. The summed E-state index contributed by atoms with van der Waals surface area (Å²) in [5, 5.41) is 7.40. The molecule has 0 spiro atoms. The standard InChI is InChI=1S/C20H25BrN4O3S/c1-14-11-22-25(12-15-4-5-15)19(14)23-20(26)16-3-2-10-24(13-16)29(27,28)18-8-6-17(21)7-9-18/h6-9,11,15-16H,2-5,10,12-13H2,1H3,(H,23,26). The average Bonchev–Trinajstić information content (AvgIpc) is 3.47. The third-order valence-electron chi connectivity index (χ3n) is 5.60. The quantitative estimate of drug-likeness (QED) is 0.686. The van der Waals surface area contributed by atoms with Crippen molar-refractivity contribution in [1.29, 1.82) is 0 Å². The summed E-state index contributed by atoms with van der Waals surface area (Å²) in [7, 11) is -3.62. The second kappa shape index (κ2) is 8.20. The summed E-state index contributed by atoms with van der Waals surface area (Å²) >= 11 is 3.33. The van der Waals surface area contributed by atoms with Gasteiger partial charge in [-0.1, -0.05) is 15.9 Å². The highest BCUT2D eigenvalue weighted by molar-refractivity contribution is 9.10. The molecule has 7 nitrogen and oxygen atoms in total. The number of hydrogen-bond acceptors (Lipinski definition) is 4. The number of carbonyl (C=O) groups is 1. The zero-order chi connectivity index (χ0) is 20.6. The van der Waals surface area contributed by atoms with Crippen molar-refractivity contribution in [3.8, 4) is 0 Å². The minimum absolute atomic E-state index is 0.138. The van der Waals surface area contributed by atoms with Gasteiger partial charge in [0, 0.05) is 29.7 Å². The van der Waals surface area contributed by atoms with Crippen molar-refractivity contribution in [3.05, 3.63) is 40.5 Å². The van der Waals surface area contributed by atoms with Crippen LogP contribution < -0.4 is 5.32 Å². The number of anilines is 1. The van der Waals surface area contributed by atoms with E-state index in [4.69, 9.17) is 0 Å². The number of amides is 1. The molecule has 0 radical (unpaired) electrons. The van der Waals surface area contributed by atoms with Gasteiger partial charge in [0.05, 0.1) is 17.0 Å². The number of hydrogen-bond donors (Lipinski definition) is 1. The molecule has 2 aliphatic rings. The number of aromatic nitrogens is 2. The topological polar surface area (TPSA) is 84.3 Å². The van der Waals surface area contributed by atoms with Crippen LogP contribution in [0.5, 0.6) is 0 Å². The highest BCUT2D eigenvalue weighted by Gasteiger charge is 2.34. The minimum atomic E-state index is -3.62. The summed E-state index contributed by atoms with van der Waals surface area (Å²) in [5.41, 5.74) is 0.925. The molecule has 1 aromatic heterocycles. The Bertz CT molecular complexity index is 999. The van der Waals surface area contributed by atoms with E-state index in [1.165, 1.54) is 17.1 Å². The van der Waals surface area contributed by atoms with Crippen LogP contribution in [0.2, 0.25) is 0 Å². The fourth-order valence-corrected chi connectivity index (χ4v) is 5.46. The molecule has 1 aromatic carbocycles. The fourth-order valence-electron chi connectivity index (χ4n) is 3.67. The molecule has 1 aliphatic heterocycles. The minimum Gasteiger partial charge on any atom is -0.310 e. The summed E-state index contributed by atoms with van der Waals surface area (Å²) < 4.78 is 30.1. The summed E-state index contributed by atoms with van der Waals surface area (Å²) in [4.78, 5) is 13.2. The number of halogens is 1. The van der Waals surface area contributed by atoms with E-state index in [1.807, 2.05) is 11.6 Å². The highest BCUT2D eigenvalue weighted by Crippen LogP contribution is 2.32. The molecule has 1 atom stereocenters. The molecule has 1 amide bonds. The highest BCUT2D eigenvalue weighted by atomic mass is 79.9. The first-order valence-corrected chi connectivity index (χ1v) is 12.2. The van der Waals surface area contributed by atoms with Crippen LogP contribution in [0.15, 0.2) is 39.8 Å². The van der Waals surface area contributed by atoms with Crippen LogP contribution in [0.25, 0.3) is 0 Å². The third kappa shape index (κ3) is 4.57. The van der Waals surface area contributed by atoms with Gasteiger partial charge in [0.1, 0.15) is 5.82 Å². The van der Waals surface area contributed by atoms with Gasteiger partial charge in [0.25, 0.3) is 0 Å². The normalized spacial score (nSPS) is 20.6. The van der Waals surface area contributed by atoms with Crippen LogP contribution in [0.3, 0.4) is 0 Å². The smallest absolute Gasteiger partial charge is 0.243 e. The van der Waals surface area contributed by atoms with Gasteiger partial charge in [0.2, 0.25) is 15.9 Å². The molecule has 1 unspecified atom stereocenters. The van der Waals surface area contributed by atoms with Crippen LogP contribution in [-0.4, -0.2) is 41.5 Å². The van der Waals surface area contributed by atoms with E-state index >= 15 is 0 Å². The van der Waals surface area contributed by atoms with Crippen molar-refractivity contribution in [2.75, 3.05) is 18.4 Å². The van der Waals surface area contributed by atoms with E-state index in [0.717, 1.165) is 22.4 Å². The summed E-state index contributed by atoms with van der Waals surface area (Å²) in [6, 6.07) is 6.60. The van der Waals surface area contributed by atoms with Crippen molar-refractivity contribution in [3.63, 3.8) is 0 Å². The number of rotatable bonds is 6. The maximum atomic E-state index is 13.0. The number of carbonyl (C=O) groups excluding carboxylic acids is 1. The maximum absolute atomic E-state index is 13.0. The van der Waals surface area contributed by atoms with Crippen molar-refractivity contribution in [2.45, 2.75) is 44.0 Å². The largest absolute Gasteiger partial charge is 0.310 e. The second-order valence-corrected chi connectivity index (χ2v) is 10.8. The Morgan fingerprint density at radius 2 is 1.97 bits per heavy atom. The van der Waals surface area contributed by atoms with Crippen LogP contribution in [0.4, 0.5) is 5.82 Å². The monoisotopic (exact) mass is 480 g/mol. The Morgan fingerprint density at radius 1 is 1.24 bits per heavy atom. The van der Waals surface area contributed by atoms with Gasteiger partial charge in [0.15, 0.2) is 0 Å². The van der Waals surface area contributed by atoms with E-state index < -0.39 is 10.0 Å². The Hall–Kier alpha value is -1.71. The third-order valence-corrected chi connectivity index (χ3v) is 8.01. The van der Waals surface area contributed by atoms with Crippen LogP contribution in [0.1, 0.15) is 31.2 Å². The molecule has 2 aromatic rings. The van der Waals surface area contributed by atoms with Crippen LogP contribution in [-0.2, 0) is 21.4 Å². The van der Waals surface area contributed by atoms with E-state index in [-0.39, 0.29) is 23.3 Å². The number of nitrogens with zero attached hydrogens (tertiary/aromatic N) is 3. The van der Waals surface area contributed by atoms with E-state index in [9.17, 15) is 13.2 Å². The summed E-state index contributed by atoms with van der Waals surface area (Å²) in [6.45, 7) is 3.37. The number of piperidine rings is 1. The molecule has 0 bridgehead atoms. The zero-order valence-electron chi connectivity index (χ0n) is 16.3. The Labute approximate surface area is 179 Å². The van der Waals surface area contributed by atoms with Crippen LogP contribution in [0, 0.1) is 18.8 Å². The van der Waals surface area contributed by atoms with Gasteiger partial charge in [-0.2, -0.15) is 9.40 Å². The number of nitrogens with one attached hydrogen (secondary N) is 1. The first-order valence-electron chi connectivity index (χ1n) is 9.93. The van der Waals surface area contributed by atoms with Crippen molar-refractivity contribution >= 4 is 37.7 Å². The summed E-state index contributed by atoms with van der Waals surface area (Å²) in [5.74, 6) is 0.861. The predicted octanol–water partition coefficient (Wildman–Crippen LogP) is 3.40. The predicted molar refractivity (Wildman–Crippen MR) is 114 cm³/mol. The number of aryl methyl sites for hydroxylation is 1. The number of sulfonamides is 1. The molecule has 1 saturated carbocycles. The van der Waals surface area contributed by atoms with Gasteiger partial charge in [-0.3, -0.25) is 4.79 Å². The Kier molecular flexibility index (Phi) is 5.81. The van der Waals surface area contributed by atoms with Gasteiger partial charge in [-0.05, 0) is 62.8 Å². The maximum Gasteiger partial charge on any atom is 0.243 e. The zero-order valence-corrected chi connectivity index (χ0v) is 18.7. The van der Waals surface area contributed by atoms with Crippen molar-refractivity contribution in [2.24, 2.45) is 11.8 Å². The fraction of sp³-hybridized carbons (Fsp3) is 0.500. The Morgan fingerprint density at radius 3 is 2.66 bits per heavy atom. The van der Waals surface area contributed by atoms with E-state index in [0.29, 0.717) is 25.3 Å². The van der Waals surface area contributed by atoms with Gasteiger partial charge < -0.3 is 5.32 Å². The summed E-state index contributed by atoms with van der Waals surface area (Å²) in [6.07, 6.45) is 5.51. The molecule has 1 N–H and O–H groups in total. The van der Waals surface area contributed by atoms with Crippen molar-refractivity contribution in [1.82, 2.24) is 14.1 Å². The SMILES string of the molecule is Cc1cnn(CC2CC2)c1NC(=O)C1CCCN(S(=O)(=O)c2ccc(Br)cc2)C1. The lowest BCUT2D eigenvalue weighted by Gasteiger charge is -2.31. The lowest BCUT2D eigenvalue weighted by Crippen LogP contribution is -2.43. The first-order chi connectivity index (χ1) is 13.8. The van der Waals surface area contributed by atoms with E-state index in [1.54, 1.807) is 30.5 Å². The lowest BCUT2D eigenvalue weighted by atomic mass is 9.99. The molecule has 1 saturated heterocycles. The molecule has 156 valence electrons. The molecule has 2 fully saturated rings. The average molecular weight is 481 g/mol. The molecular formula is C20H25BrN4O3S. The van der Waals surface area contributed by atoms with Gasteiger partial charge in [-0.15, -0.1) is 0 Å². The molecule has 9 heteroatoms. The van der Waals surface area contributed by atoms with E-state index in [2.05, 4.69) is 26.3 Å².